The number of rotatable bonds is 9. The largest absolute Gasteiger partial charge is 0.493 e. The molecule has 1 aromatic carbocycles. The maximum Gasteiger partial charge on any atom is 0.165 e. The van der Waals surface area contributed by atoms with Gasteiger partial charge in [0.1, 0.15) is 0 Å². The Kier molecular flexibility index (Phi) is 6.15. The maximum atomic E-state index is 6.02. The molecule has 0 bridgehead atoms. The average Bonchev–Trinajstić information content (AvgIpc) is 2.42. The zero-order chi connectivity index (χ0) is 14.2. The number of hydrogen-bond donors (Lipinski definition) is 1. The maximum absolute atomic E-state index is 6.02. The Labute approximate surface area is 121 Å². The van der Waals surface area contributed by atoms with Crippen LogP contribution in [-0.4, -0.2) is 34.0 Å². The minimum atomic E-state index is 0.711. The monoisotopic (exact) mass is 279 g/mol. The zero-order valence-electron chi connectivity index (χ0n) is 12.5. The first-order valence-corrected chi connectivity index (χ1v) is 7.33. The molecule has 0 amide bonds. The van der Waals surface area contributed by atoms with Crippen LogP contribution in [0.4, 0.5) is 0 Å². The van der Waals surface area contributed by atoms with Crippen LogP contribution in [0, 0.1) is 5.92 Å². The molecular weight excluding hydrogens is 254 g/mol. The molecule has 1 aromatic rings. The van der Waals surface area contributed by atoms with E-state index in [2.05, 4.69) is 11.4 Å². The van der Waals surface area contributed by atoms with Crippen LogP contribution in [0.5, 0.6) is 11.5 Å². The van der Waals surface area contributed by atoms with Crippen LogP contribution < -0.4 is 14.8 Å². The molecule has 0 aliphatic heterocycles. The van der Waals surface area contributed by atoms with E-state index in [-0.39, 0.29) is 0 Å². The number of methoxy groups -OCH3 is 2. The zero-order valence-corrected chi connectivity index (χ0v) is 12.5. The second-order valence-corrected chi connectivity index (χ2v) is 5.23. The highest BCUT2D eigenvalue weighted by atomic mass is 16.5. The van der Waals surface area contributed by atoms with Crippen molar-refractivity contribution < 1.29 is 14.2 Å². The fourth-order valence-corrected chi connectivity index (χ4v) is 2.28. The molecule has 1 aliphatic rings. The first kappa shape index (κ1) is 15.1. The van der Waals surface area contributed by atoms with Crippen molar-refractivity contribution in [3.63, 3.8) is 0 Å². The Bertz CT molecular complexity index is 405. The van der Waals surface area contributed by atoms with Gasteiger partial charge in [0.15, 0.2) is 11.5 Å². The highest BCUT2D eigenvalue weighted by Gasteiger charge is 2.19. The van der Waals surface area contributed by atoms with Gasteiger partial charge in [0.2, 0.25) is 0 Å². The van der Waals surface area contributed by atoms with Gasteiger partial charge < -0.3 is 19.5 Å². The lowest BCUT2D eigenvalue weighted by Gasteiger charge is -2.26. The van der Waals surface area contributed by atoms with Crippen molar-refractivity contribution in [3.05, 3.63) is 23.8 Å². The van der Waals surface area contributed by atoms with Crippen molar-refractivity contribution in [2.45, 2.75) is 25.8 Å². The van der Waals surface area contributed by atoms with Crippen molar-refractivity contribution in [1.29, 1.82) is 0 Å². The van der Waals surface area contributed by atoms with E-state index in [9.17, 15) is 0 Å². The molecule has 0 spiro atoms. The summed E-state index contributed by atoms with van der Waals surface area (Å²) in [6, 6.07) is 6.04. The van der Waals surface area contributed by atoms with Crippen molar-refractivity contribution in [3.8, 4) is 11.5 Å². The molecule has 20 heavy (non-hydrogen) atoms. The Morgan fingerprint density at radius 1 is 1.25 bits per heavy atom. The molecule has 1 aliphatic carbocycles. The lowest BCUT2D eigenvalue weighted by atomic mass is 9.86. The van der Waals surface area contributed by atoms with E-state index in [0.717, 1.165) is 36.8 Å². The third-order valence-electron chi connectivity index (χ3n) is 3.77. The van der Waals surface area contributed by atoms with E-state index in [4.69, 9.17) is 14.2 Å². The van der Waals surface area contributed by atoms with Gasteiger partial charge in [-0.25, -0.2) is 0 Å². The molecular formula is C16H25NO3. The van der Waals surface area contributed by atoms with Crippen LogP contribution in [0.3, 0.4) is 0 Å². The van der Waals surface area contributed by atoms with Crippen LogP contribution in [0.2, 0.25) is 0 Å². The van der Waals surface area contributed by atoms with Crippen molar-refractivity contribution in [2.24, 2.45) is 5.92 Å². The number of benzene rings is 1. The SMILES string of the molecule is COCCNCc1cccc(OC)c1OCC1CCC1. The minimum absolute atomic E-state index is 0.711. The lowest BCUT2D eigenvalue weighted by molar-refractivity contribution is 0.174. The Hall–Kier alpha value is -1.26. The number of ether oxygens (including phenoxy) is 3. The summed E-state index contributed by atoms with van der Waals surface area (Å²) in [5.41, 5.74) is 1.14. The molecule has 0 aromatic heterocycles. The number of hydrogen-bond acceptors (Lipinski definition) is 4. The Morgan fingerprint density at radius 3 is 2.75 bits per heavy atom. The van der Waals surface area contributed by atoms with E-state index in [0.29, 0.717) is 12.5 Å². The minimum Gasteiger partial charge on any atom is -0.493 e. The van der Waals surface area contributed by atoms with Crippen LogP contribution in [0.1, 0.15) is 24.8 Å². The number of nitrogens with one attached hydrogen (secondary N) is 1. The summed E-state index contributed by atoms with van der Waals surface area (Å²) in [4.78, 5) is 0. The van der Waals surface area contributed by atoms with E-state index < -0.39 is 0 Å². The van der Waals surface area contributed by atoms with Gasteiger partial charge in [-0.1, -0.05) is 18.6 Å². The molecule has 4 heteroatoms. The highest BCUT2D eigenvalue weighted by molar-refractivity contribution is 5.46. The van der Waals surface area contributed by atoms with Crippen molar-refractivity contribution >= 4 is 0 Å². The quantitative estimate of drug-likeness (QED) is 0.705. The topological polar surface area (TPSA) is 39.7 Å². The Morgan fingerprint density at radius 2 is 2.10 bits per heavy atom. The average molecular weight is 279 g/mol. The summed E-state index contributed by atoms with van der Waals surface area (Å²) in [5, 5.41) is 3.35. The molecule has 0 atom stereocenters. The van der Waals surface area contributed by atoms with Crippen LogP contribution in [0.25, 0.3) is 0 Å². The molecule has 1 fully saturated rings. The second-order valence-electron chi connectivity index (χ2n) is 5.23. The van der Waals surface area contributed by atoms with Gasteiger partial charge >= 0.3 is 0 Å². The molecule has 4 nitrogen and oxygen atoms in total. The summed E-state index contributed by atoms with van der Waals surface area (Å²) in [5.74, 6) is 2.41. The standard InChI is InChI=1S/C16H25NO3/c1-18-10-9-17-11-14-7-4-8-15(19-2)16(14)20-12-13-5-3-6-13/h4,7-8,13,17H,3,5-6,9-12H2,1-2H3. The van der Waals surface area contributed by atoms with Crippen LogP contribution in [0.15, 0.2) is 18.2 Å². The Balaban J connectivity index is 1.96. The highest BCUT2D eigenvalue weighted by Crippen LogP contribution is 2.33. The van der Waals surface area contributed by atoms with E-state index >= 15 is 0 Å². The van der Waals surface area contributed by atoms with Crippen LogP contribution >= 0.6 is 0 Å². The summed E-state index contributed by atoms with van der Waals surface area (Å²) < 4.78 is 16.5. The molecule has 1 N–H and O–H groups in total. The van der Waals surface area contributed by atoms with Crippen molar-refractivity contribution in [2.75, 3.05) is 34.0 Å². The van der Waals surface area contributed by atoms with Gasteiger partial charge in [0, 0.05) is 25.8 Å². The normalized spacial score (nSPS) is 14.9. The molecule has 0 heterocycles. The summed E-state index contributed by atoms with van der Waals surface area (Å²) in [6.45, 7) is 3.10. The van der Waals surface area contributed by atoms with E-state index in [1.807, 2.05) is 12.1 Å². The third-order valence-corrected chi connectivity index (χ3v) is 3.77. The van der Waals surface area contributed by atoms with Gasteiger partial charge in [0.25, 0.3) is 0 Å². The van der Waals surface area contributed by atoms with Gasteiger partial charge in [0.05, 0.1) is 20.3 Å². The molecule has 0 radical (unpaired) electrons. The van der Waals surface area contributed by atoms with Gasteiger partial charge in [-0.2, -0.15) is 0 Å². The third kappa shape index (κ3) is 4.12. The van der Waals surface area contributed by atoms with Gasteiger partial charge in [-0.05, 0) is 24.8 Å². The predicted molar refractivity (Wildman–Crippen MR) is 79.4 cm³/mol. The lowest BCUT2D eigenvalue weighted by Crippen LogP contribution is -2.22. The molecule has 112 valence electrons. The summed E-state index contributed by atoms with van der Waals surface area (Å²) in [6.07, 6.45) is 3.92. The van der Waals surface area contributed by atoms with Gasteiger partial charge in [-0.3, -0.25) is 0 Å². The molecule has 2 rings (SSSR count). The fraction of sp³-hybridized carbons (Fsp3) is 0.625. The molecule has 1 saturated carbocycles. The summed E-state index contributed by atoms with van der Waals surface area (Å²) >= 11 is 0. The van der Waals surface area contributed by atoms with Crippen LogP contribution in [-0.2, 0) is 11.3 Å². The molecule has 0 unspecified atom stereocenters. The fourth-order valence-electron chi connectivity index (χ4n) is 2.28. The van der Waals surface area contributed by atoms with Crippen molar-refractivity contribution in [1.82, 2.24) is 5.32 Å². The first-order valence-electron chi connectivity index (χ1n) is 7.33. The molecule has 0 saturated heterocycles. The van der Waals surface area contributed by atoms with E-state index in [1.165, 1.54) is 19.3 Å². The summed E-state index contributed by atoms with van der Waals surface area (Å²) in [7, 11) is 3.40. The first-order chi connectivity index (χ1) is 9.85. The predicted octanol–water partition coefficient (Wildman–Crippen LogP) is 2.61. The smallest absolute Gasteiger partial charge is 0.165 e. The second kappa shape index (κ2) is 8.12. The van der Waals surface area contributed by atoms with E-state index in [1.54, 1.807) is 14.2 Å². The van der Waals surface area contributed by atoms with Gasteiger partial charge in [-0.15, -0.1) is 0 Å². The number of para-hydroxylation sites is 1.